The Morgan fingerprint density at radius 3 is 2.25 bits per heavy atom. The Morgan fingerprint density at radius 2 is 1.94 bits per heavy atom. The molecule has 0 aliphatic carbocycles. The van der Waals surface area contributed by atoms with E-state index in [2.05, 4.69) is 4.72 Å². The highest BCUT2D eigenvalue weighted by Crippen LogP contribution is 2.06. The Balaban J connectivity index is 4.62. The van der Waals surface area contributed by atoms with Crippen LogP contribution >= 0.6 is 0 Å². The van der Waals surface area contributed by atoms with E-state index in [4.69, 9.17) is 11.1 Å². The molecule has 0 fully saturated rings. The second kappa shape index (κ2) is 5.60. The van der Waals surface area contributed by atoms with E-state index < -0.39 is 15.7 Å². The van der Waals surface area contributed by atoms with Gasteiger partial charge in [0.15, 0.2) is 0 Å². The molecule has 0 heterocycles. The molecule has 0 saturated heterocycles. The summed E-state index contributed by atoms with van der Waals surface area (Å²) >= 11 is 0. The van der Waals surface area contributed by atoms with E-state index >= 15 is 0 Å². The monoisotopic (exact) mass is 250 g/mol. The molecule has 0 spiro atoms. The molecule has 6 nitrogen and oxygen atoms in total. The molecule has 7 heteroatoms. The van der Waals surface area contributed by atoms with Gasteiger partial charge in [0.25, 0.3) is 10.2 Å². The first kappa shape index (κ1) is 15.3. The molecule has 0 saturated carbocycles. The summed E-state index contributed by atoms with van der Waals surface area (Å²) in [5, 5.41) is 7.08. The molecule has 0 atom stereocenters. The van der Waals surface area contributed by atoms with E-state index in [0.717, 1.165) is 0 Å². The van der Waals surface area contributed by atoms with E-state index in [9.17, 15) is 8.42 Å². The minimum atomic E-state index is -3.49. The Kier molecular flexibility index (Phi) is 5.37. The SMILES string of the molecule is CCN(CCC(=N)N)S(=O)(=O)NC(C)(C)C. The van der Waals surface area contributed by atoms with Crippen LogP contribution in [-0.2, 0) is 10.2 Å². The first-order valence-corrected chi connectivity index (χ1v) is 6.64. The van der Waals surface area contributed by atoms with Crippen LogP contribution in [-0.4, -0.2) is 37.2 Å². The van der Waals surface area contributed by atoms with Gasteiger partial charge in [0.05, 0.1) is 5.84 Å². The standard InChI is InChI=1S/C9H22N4O2S/c1-5-13(7-6-8(10)11)16(14,15)12-9(2,3)4/h12H,5-7H2,1-4H3,(H3,10,11). The number of nitrogens with two attached hydrogens (primary N) is 1. The van der Waals surface area contributed by atoms with Crippen molar-refractivity contribution in [1.29, 1.82) is 5.41 Å². The normalized spacial score (nSPS) is 13.1. The Bertz CT molecular complexity index is 332. The third-order valence-electron chi connectivity index (χ3n) is 1.76. The van der Waals surface area contributed by atoms with Crippen LogP contribution in [0.15, 0.2) is 0 Å². The molecular weight excluding hydrogens is 228 g/mol. The average Bonchev–Trinajstić information content (AvgIpc) is 1.98. The zero-order valence-electron chi connectivity index (χ0n) is 10.4. The van der Waals surface area contributed by atoms with Gasteiger partial charge in [-0.25, -0.2) is 0 Å². The maximum Gasteiger partial charge on any atom is 0.279 e. The molecule has 0 radical (unpaired) electrons. The number of rotatable bonds is 6. The van der Waals surface area contributed by atoms with Crippen molar-refractivity contribution < 1.29 is 8.42 Å². The smallest absolute Gasteiger partial charge is 0.279 e. The van der Waals surface area contributed by atoms with Gasteiger partial charge in [0.1, 0.15) is 0 Å². The lowest BCUT2D eigenvalue weighted by Crippen LogP contribution is -2.49. The van der Waals surface area contributed by atoms with E-state index in [-0.39, 0.29) is 18.8 Å². The fourth-order valence-corrected chi connectivity index (χ4v) is 2.72. The van der Waals surface area contributed by atoms with Crippen molar-refractivity contribution in [3.63, 3.8) is 0 Å². The van der Waals surface area contributed by atoms with E-state index in [0.29, 0.717) is 6.54 Å². The van der Waals surface area contributed by atoms with Gasteiger partial charge >= 0.3 is 0 Å². The van der Waals surface area contributed by atoms with Crippen LogP contribution in [0.2, 0.25) is 0 Å². The minimum Gasteiger partial charge on any atom is -0.388 e. The summed E-state index contributed by atoms with van der Waals surface area (Å²) in [6, 6.07) is 0. The van der Waals surface area contributed by atoms with Crippen molar-refractivity contribution in [3.8, 4) is 0 Å². The topological polar surface area (TPSA) is 99.3 Å². The maximum absolute atomic E-state index is 11.9. The fourth-order valence-electron chi connectivity index (χ4n) is 1.14. The Labute approximate surface area is 97.9 Å². The summed E-state index contributed by atoms with van der Waals surface area (Å²) in [4.78, 5) is 0. The summed E-state index contributed by atoms with van der Waals surface area (Å²) in [5.41, 5.74) is 4.70. The molecule has 0 aromatic heterocycles. The first-order valence-electron chi connectivity index (χ1n) is 5.20. The van der Waals surface area contributed by atoms with Crippen LogP contribution in [0.4, 0.5) is 0 Å². The van der Waals surface area contributed by atoms with Crippen molar-refractivity contribution in [2.24, 2.45) is 5.73 Å². The first-order chi connectivity index (χ1) is 7.08. The minimum absolute atomic E-state index is 0.00981. The van der Waals surface area contributed by atoms with Gasteiger partial charge in [-0.15, -0.1) is 0 Å². The van der Waals surface area contributed by atoms with Crippen LogP contribution in [0.25, 0.3) is 0 Å². The number of hydrogen-bond donors (Lipinski definition) is 3. The van der Waals surface area contributed by atoms with Crippen LogP contribution in [0.1, 0.15) is 34.1 Å². The lowest BCUT2D eigenvalue weighted by Gasteiger charge is -2.26. The molecule has 0 aromatic rings. The molecule has 0 bridgehead atoms. The van der Waals surface area contributed by atoms with Crippen LogP contribution in [0, 0.1) is 5.41 Å². The summed E-state index contributed by atoms with van der Waals surface area (Å²) in [5.74, 6) is -0.00981. The van der Waals surface area contributed by atoms with Gasteiger partial charge in [-0.1, -0.05) is 6.92 Å². The predicted octanol–water partition coefficient (Wildman–Crippen LogP) is 0.267. The van der Waals surface area contributed by atoms with Crippen LogP contribution < -0.4 is 10.5 Å². The van der Waals surface area contributed by atoms with Gasteiger partial charge in [0.2, 0.25) is 0 Å². The van der Waals surface area contributed by atoms with E-state index in [1.807, 2.05) is 0 Å². The fraction of sp³-hybridized carbons (Fsp3) is 0.889. The average molecular weight is 250 g/mol. The highest BCUT2D eigenvalue weighted by molar-refractivity contribution is 7.87. The van der Waals surface area contributed by atoms with Crippen molar-refractivity contribution in [2.75, 3.05) is 13.1 Å². The van der Waals surface area contributed by atoms with E-state index in [1.54, 1.807) is 27.7 Å². The number of amidine groups is 1. The molecule has 16 heavy (non-hydrogen) atoms. The van der Waals surface area contributed by atoms with Gasteiger partial charge in [-0.3, -0.25) is 5.41 Å². The van der Waals surface area contributed by atoms with Gasteiger partial charge < -0.3 is 5.73 Å². The second-order valence-electron chi connectivity index (χ2n) is 4.62. The molecule has 0 aliphatic heterocycles. The Hall–Kier alpha value is -0.660. The lowest BCUT2D eigenvalue weighted by atomic mass is 10.1. The lowest BCUT2D eigenvalue weighted by molar-refractivity contribution is 0.402. The predicted molar refractivity (Wildman–Crippen MR) is 65.6 cm³/mol. The van der Waals surface area contributed by atoms with Crippen LogP contribution in [0.3, 0.4) is 0 Å². The third kappa shape index (κ3) is 6.04. The summed E-state index contributed by atoms with van der Waals surface area (Å²) in [7, 11) is -3.49. The molecule has 4 N–H and O–H groups in total. The highest BCUT2D eigenvalue weighted by atomic mass is 32.2. The number of nitrogens with zero attached hydrogens (tertiary/aromatic N) is 1. The summed E-state index contributed by atoms with van der Waals surface area (Å²) in [6.07, 6.45) is 0.249. The molecule has 0 amide bonds. The molecular formula is C9H22N4O2S. The van der Waals surface area contributed by atoms with Gasteiger partial charge in [-0.2, -0.15) is 17.4 Å². The molecule has 0 aliphatic rings. The molecule has 0 aromatic carbocycles. The zero-order chi connectivity index (χ0) is 13.0. The molecule has 96 valence electrons. The second-order valence-corrected chi connectivity index (χ2v) is 6.29. The number of hydrogen-bond acceptors (Lipinski definition) is 3. The summed E-state index contributed by atoms with van der Waals surface area (Å²) in [6.45, 7) is 7.69. The van der Waals surface area contributed by atoms with Crippen molar-refractivity contribution >= 4 is 16.0 Å². The van der Waals surface area contributed by atoms with Gasteiger partial charge in [-0.05, 0) is 20.8 Å². The van der Waals surface area contributed by atoms with Crippen LogP contribution in [0.5, 0.6) is 0 Å². The third-order valence-corrected chi connectivity index (χ3v) is 3.75. The van der Waals surface area contributed by atoms with E-state index in [1.165, 1.54) is 4.31 Å². The number of nitrogens with one attached hydrogen (secondary N) is 2. The molecule has 0 rings (SSSR count). The largest absolute Gasteiger partial charge is 0.388 e. The quantitative estimate of drug-likeness (QED) is 0.466. The summed E-state index contributed by atoms with van der Waals surface area (Å²) < 4.78 is 27.6. The maximum atomic E-state index is 11.9. The molecule has 0 unspecified atom stereocenters. The van der Waals surface area contributed by atoms with Gasteiger partial charge in [0, 0.05) is 25.0 Å². The zero-order valence-corrected chi connectivity index (χ0v) is 11.2. The van der Waals surface area contributed by atoms with Crippen molar-refractivity contribution in [1.82, 2.24) is 9.03 Å². The highest BCUT2D eigenvalue weighted by Gasteiger charge is 2.25. The van der Waals surface area contributed by atoms with Crippen molar-refractivity contribution in [3.05, 3.63) is 0 Å². The Morgan fingerprint density at radius 1 is 1.44 bits per heavy atom. The van der Waals surface area contributed by atoms with Crippen molar-refractivity contribution in [2.45, 2.75) is 39.7 Å².